The van der Waals surface area contributed by atoms with Crippen LogP contribution in [0.25, 0.3) is 5.65 Å². The first kappa shape index (κ1) is 13.2. The number of aromatic nitrogens is 2. The van der Waals surface area contributed by atoms with Crippen LogP contribution in [0, 0.1) is 13.8 Å². The highest BCUT2D eigenvalue weighted by Gasteiger charge is 2.24. The smallest absolute Gasteiger partial charge is 0.252 e. The van der Waals surface area contributed by atoms with Crippen molar-refractivity contribution >= 4 is 17.2 Å². The SMILES string of the molecule is Cc1nc2c(C)cccn2c1C(=O)C(=O)c1ccccc1. The Labute approximate surface area is 122 Å². The van der Waals surface area contributed by atoms with Crippen molar-refractivity contribution in [3.63, 3.8) is 0 Å². The van der Waals surface area contributed by atoms with Crippen LogP contribution >= 0.6 is 0 Å². The maximum absolute atomic E-state index is 12.5. The molecule has 0 aliphatic carbocycles. The van der Waals surface area contributed by atoms with Crippen LogP contribution in [-0.4, -0.2) is 21.0 Å². The summed E-state index contributed by atoms with van der Waals surface area (Å²) in [6.45, 7) is 3.67. The Morgan fingerprint density at radius 1 is 0.952 bits per heavy atom. The fraction of sp³-hybridized carbons (Fsp3) is 0.118. The predicted molar refractivity (Wildman–Crippen MR) is 79.8 cm³/mol. The molecule has 21 heavy (non-hydrogen) atoms. The zero-order valence-electron chi connectivity index (χ0n) is 11.8. The van der Waals surface area contributed by atoms with E-state index < -0.39 is 11.6 Å². The van der Waals surface area contributed by atoms with Crippen molar-refractivity contribution in [2.24, 2.45) is 0 Å². The van der Waals surface area contributed by atoms with Gasteiger partial charge >= 0.3 is 0 Å². The molecule has 2 heterocycles. The summed E-state index contributed by atoms with van der Waals surface area (Å²) in [7, 11) is 0. The monoisotopic (exact) mass is 278 g/mol. The van der Waals surface area contributed by atoms with Gasteiger partial charge in [0.1, 0.15) is 11.3 Å². The van der Waals surface area contributed by atoms with Crippen LogP contribution in [0.4, 0.5) is 0 Å². The molecule has 0 saturated heterocycles. The molecule has 3 rings (SSSR count). The van der Waals surface area contributed by atoms with Gasteiger partial charge in [-0.15, -0.1) is 0 Å². The standard InChI is InChI=1S/C17H14N2O2/c1-11-7-6-10-19-14(12(2)18-17(11)19)16(21)15(20)13-8-4-3-5-9-13/h3-10H,1-2H3. The minimum absolute atomic E-state index is 0.336. The molecule has 0 aliphatic heterocycles. The summed E-state index contributed by atoms with van der Waals surface area (Å²) in [6.07, 6.45) is 1.76. The molecule has 104 valence electrons. The molecule has 3 aromatic rings. The Morgan fingerprint density at radius 3 is 2.38 bits per heavy atom. The molecule has 4 nitrogen and oxygen atoms in total. The molecule has 0 spiro atoms. The van der Waals surface area contributed by atoms with Crippen LogP contribution in [0.2, 0.25) is 0 Å². The third-order valence-corrected chi connectivity index (χ3v) is 3.48. The van der Waals surface area contributed by atoms with Crippen molar-refractivity contribution in [3.05, 3.63) is 71.2 Å². The number of rotatable bonds is 3. The lowest BCUT2D eigenvalue weighted by molar-refractivity contribution is 0.0813. The second-order valence-electron chi connectivity index (χ2n) is 4.95. The summed E-state index contributed by atoms with van der Waals surface area (Å²) in [6, 6.07) is 12.3. The van der Waals surface area contributed by atoms with Gasteiger partial charge in [0.2, 0.25) is 5.78 Å². The number of ketones is 2. The Balaban J connectivity index is 2.13. The number of hydrogen-bond acceptors (Lipinski definition) is 3. The number of benzene rings is 1. The number of aryl methyl sites for hydroxylation is 2. The Morgan fingerprint density at radius 2 is 1.67 bits per heavy atom. The third kappa shape index (κ3) is 2.14. The molecule has 2 aromatic heterocycles. The van der Waals surface area contributed by atoms with Crippen LogP contribution in [0.5, 0.6) is 0 Å². The van der Waals surface area contributed by atoms with E-state index in [4.69, 9.17) is 0 Å². The molecule has 4 heteroatoms. The lowest BCUT2D eigenvalue weighted by Crippen LogP contribution is -2.17. The molecular formula is C17H14N2O2. The maximum Gasteiger partial charge on any atom is 0.252 e. The van der Waals surface area contributed by atoms with Gasteiger partial charge < -0.3 is 0 Å². The minimum atomic E-state index is -0.531. The lowest BCUT2D eigenvalue weighted by Gasteiger charge is -2.03. The average Bonchev–Trinajstić information content (AvgIpc) is 2.84. The maximum atomic E-state index is 12.5. The highest BCUT2D eigenvalue weighted by atomic mass is 16.2. The summed E-state index contributed by atoms with van der Waals surface area (Å²) < 4.78 is 1.69. The lowest BCUT2D eigenvalue weighted by atomic mass is 10.0. The van der Waals surface area contributed by atoms with E-state index >= 15 is 0 Å². The van der Waals surface area contributed by atoms with Crippen LogP contribution in [0.1, 0.15) is 32.1 Å². The molecule has 0 fully saturated rings. The van der Waals surface area contributed by atoms with E-state index in [1.165, 1.54) is 0 Å². The Kier molecular flexibility index (Phi) is 3.14. The van der Waals surface area contributed by atoms with Crippen LogP contribution in [-0.2, 0) is 0 Å². The Bertz CT molecular complexity index is 848. The van der Waals surface area contributed by atoms with Gasteiger partial charge in [0, 0.05) is 11.8 Å². The first-order chi connectivity index (χ1) is 10.1. The summed E-state index contributed by atoms with van der Waals surface area (Å²) in [5.41, 5.74) is 2.97. The van der Waals surface area contributed by atoms with Gasteiger partial charge in [0.25, 0.3) is 5.78 Å². The molecule has 0 unspecified atom stereocenters. The fourth-order valence-electron chi connectivity index (χ4n) is 2.42. The molecule has 1 aromatic carbocycles. The number of pyridine rings is 1. The second-order valence-corrected chi connectivity index (χ2v) is 4.95. The van der Waals surface area contributed by atoms with Gasteiger partial charge in [-0.2, -0.15) is 0 Å². The predicted octanol–water partition coefficient (Wildman–Crippen LogP) is 3.02. The van der Waals surface area contributed by atoms with Crippen molar-refractivity contribution in [2.45, 2.75) is 13.8 Å². The highest BCUT2D eigenvalue weighted by molar-refractivity contribution is 6.49. The van der Waals surface area contributed by atoms with E-state index in [1.54, 1.807) is 41.8 Å². The van der Waals surface area contributed by atoms with Crippen molar-refractivity contribution in [2.75, 3.05) is 0 Å². The zero-order valence-corrected chi connectivity index (χ0v) is 11.8. The molecule has 0 atom stereocenters. The van der Waals surface area contributed by atoms with Crippen molar-refractivity contribution in [1.82, 2.24) is 9.38 Å². The fourth-order valence-corrected chi connectivity index (χ4v) is 2.42. The summed E-state index contributed by atoms with van der Waals surface area (Å²) >= 11 is 0. The van der Waals surface area contributed by atoms with Gasteiger partial charge in [0.05, 0.1) is 5.69 Å². The quantitative estimate of drug-likeness (QED) is 0.546. The summed E-state index contributed by atoms with van der Waals surface area (Å²) in [5.74, 6) is -1.04. The Hall–Kier alpha value is -2.75. The normalized spacial score (nSPS) is 10.8. The van der Waals surface area contributed by atoms with Crippen LogP contribution in [0.3, 0.4) is 0 Å². The molecule has 0 amide bonds. The minimum Gasteiger partial charge on any atom is -0.296 e. The number of nitrogens with zero attached hydrogens (tertiary/aromatic N) is 2. The molecule has 0 saturated carbocycles. The molecule has 0 aliphatic rings. The first-order valence-corrected chi connectivity index (χ1v) is 6.68. The van der Waals surface area contributed by atoms with Crippen molar-refractivity contribution in [3.8, 4) is 0 Å². The highest BCUT2D eigenvalue weighted by Crippen LogP contribution is 2.17. The van der Waals surface area contributed by atoms with E-state index in [-0.39, 0.29) is 0 Å². The van der Waals surface area contributed by atoms with E-state index in [1.807, 2.05) is 25.1 Å². The van der Waals surface area contributed by atoms with Gasteiger partial charge in [-0.25, -0.2) is 4.98 Å². The van der Waals surface area contributed by atoms with E-state index in [2.05, 4.69) is 4.98 Å². The van der Waals surface area contributed by atoms with Gasteiger partial charge in [-0.05, 0) is 25.5 Å². The second kappa shape index (κ2) is 4.98. The molecule has 0 bridgehead atoms. The van der Waals surface area contributed by atoms with Gasteiger partial charge in [-0.1, -0.05) is 36.4 Å². The molecular weight excluding hydrogens is 264 g/mol. The third-order valence-electron chi connectivity index (χ3n) is 3.48. The van der Waals surface area contributed by atoms with E-state index in [0.717, 1.165) is 5.56 Å². The van der Waals surface area contributed by atoms with Crippen molar-refractivity contribution in [1.29, 1.82) is 0 Å². The topological polar surface area (TPSA) is 51.4 Å². The van der Waals surface area contributed by atoms with Crippen LogP contribution in [0.15, 0.2) is 48.7 Å². The number of carbonyl (C=O) groups is 2. The number of Topliss-reactive ketones (excluding diaryl/α,β-unsaturated/α-hetero) is 2. The largest absolute Gasteiger partial charge is 0.296 e. The number of hydrogen-bond donors (Lipinski definition) is 0. The first-order valence-electron chi connectivity index (χ1n) is 6.68. The van der Waals surface area contributed by atoms with Crippen LogP contribution < -0.4 is 0 Å². The average molecular weight is 278 g/mol. The number of carbonyl (C=O) groups excluding carboxylic acids is 2. The van der Waals surface area contributed by atoms with Crippen molar-refractivity contribution < 1.29 is 9.59 Å². The van der Waals surface area contributed by atoms with E-state index in [0.29, 0.717) is 22.6 Å². The summed E-state index contributed by atoms with van der Waals surface area (Å²) in [4.78, 5) is 29.3. The van der Waals surface area contributed by atoms with E-state index in [9.17, 15) is 9.59 Å². The number of fused-ring (bicyclic) bond motifs is 1. The number of imidazole rings is 1. The van der Waals surface area contributed by atoms with Gasteiger partial charge in [-0.3, -0.25) is 14.0 Å². The molecule has 0 N–H and O–H groups in total. The zero-order chi connectivity index (χ0) is 15.0. The summed E-state index contributed by atoms with van der Waals surface area (Å²) in [5, 5.41) is 0. The van der Waals surface area contributed by atoms with Gasteiger partial charge in [0.15, 0.2) is 0 Å². The molecule has 0 radical (unpaired) electrons.